The lowest BCUT2D eigenvalue weighted by Crippen LogP contribution is -2.46. The maximum Gasteiger partial charge on any atom is 0.230 e. The molecule has 1 saturated heterocycles. The first kappa shape index (κ1) is 22.8. The number of nitrogens with one attached hydrogen (secondary N) is 1. The van der Waals surface area contributed by atoms with E-state index in [1.165, 1.54) is 30.2 Å². The lowest BCUT2D eigenvalue weighted by Gasteiger charge is -2.36. The van der Waals surface area contributed by atoms with E-state index in [4.69, 9.17) is 4.74 Å². The fourth-order valence-corrected chi connectivity index (χ4v) is 4.35. The second-order valence-corrected chi connectivity index (χ2v) is 8.54. The average molecular weight is 468 g/mol. The monoisotopic (exact) mass is 467 g/mol. The number of piperazine rings is 1. The summed E-state index contributed by atoms with van der Waals surface area (Å²) in [6.07, 6.45) is 1.54. The Morgan fingerprint density at radius 3 is 2.55 bits per heavy atom. The standard InChI is InChI=1S/C24H26FN5O2S/c1-32-21-5-3-2-4-18(21)15-26-23(31)16-33-24-14-22(27-17-28-24)30-12-10-29(11-13-30)20-8-6-19(25)7-9-20/h2-9,14,17H,10-13,15-16H2,1H3,(H,26,31). The second-order valence-electron chi connectivity index (χ2n) is 7.54. The number of anilines is 2. The highest BCUT2D eigenvalue weighted by atomic mass is 32.2. The molecule has 0 atom stereocenters. The van der Waals surface area contributed by atoms with Crippen molar-refractivity contribution in [3.8, 4) is 5.75 Å². The fraction of sp³-hybridized carbons (Fsp3) is 0.292. The average Bonchev–Trinajstić information content (AvgIpc) is 2.87. The van der Waals surface area contributed by atoms with Crippen molar-refractivity contribution in [3.63, 3.8) is 0 Å². The first-order valence-electron chi connectivity index (χ1n) is 10.7. The number of rotatable bonds is 8. The molecule has 1 fully saturated rings. The van der Waals surface area contributed by atoms with Crippen molar-refractivity contribution in [3.05, 3.63) is 72.3 Å². The summed E-state index contributed by atoms with van der Waals surface area (Å²) in [5.74, 6) is 1.58. The third kappa shape index (κ3) is 6.13. The Labute approximate surface area is 197 Å². The third-order valence-corrected chi connectivity index (χ3v) is 6.37. The van der Waals surface area contributed by atoms with Crippen molar-refractivity contribution >= 4 is 29.2 Å². The van der Waals surface area contributed by atoms with Crippen LogP contribution >= 0.6 is 11.8 Å². The molecule has 1 aliphatic rings. The Hall–Kier alpha value is -3.33. The number of carbonyl (C=O) groups excluding carboxylic acids is 1. The van der Waals surface area contributed by atoms with Crippen molar-refractivity contribution in [2.45, 2.75) is 11.6 Å². The predicted molar refractivity (Wildman–Crippen MR) is 128 cm³/mol. The van der Waals surface area contributed by atoms with Gasteiger partial charge in [0.25, 0.3) is 0 Å². The molecule has 1 aromatic heterocycles. The van der Waals surface area contributed by atoms with E-state index < -0.39 is 0 Å². The minimum absolute atomic E-state index is 0.0704. The van der Waals surface area contributed by atoms with Crippen LogP contribution in [0.3, 0.4) is 0 Å². The number of methoxy groups -OCH3 is 1. The maximum absolute atomic E-state index is 13.2. The minimum Gasteiger partial charge on any atom is -0.496 e. The SMILES string of the molecule is COc1ccccc1CNC(=O)CSc1cc(N2CCN(c3ccc(F)cc3)CC2)ncn1. The minimum atomic E-state index is -0.225. The van der Waals surface area contributed by atoms with Gasteiger partial charge >= 0.3 is 0 Å². The van der Waals surface area contributed by atoms with E-state index in [0.717, 1.165) is 54.0 Å². The van der Waals surface area contributed by atoms with E-state index in [0.29, 0.717) is 6.54 Å². The van der Waals surface area contributed by atoms with Crippen LogP contribution in [0.15, 0.2) is 66.0 Å². The van der Waals surface area contributed by atoms with Crippen LogP contribution < -0.4 is 19.9 Å². The quantitative estimate of drug-likeness (QED) is 0.402. The molecule has 0 aliphatic carbocycles. The van der Waals surface area contributed by atoms with Gasteiger partial charge in [0.05, 0.1) is 12.9 Å². The molecular weight excluding hydrogens is 441 g/mol. The van der Waals surface area contributed by atoms with Gasteiger partial charge in [-0.1, -0.05) is 30.0 Å². The number of hydrogen-bond donors (Lipinski definition) is 1. The molecule has 7 nitrogen and oxygen atoms in total. The molecule has 9 heteroatoms. The highest BCUT2D eigenvalue weighted by molar-refractivity contribution is 7.99. The van der Waals surface area contributed by atoms with Crippen molar-refractivity contribution in [1.82, 2.24) is 15.3 Å². The van der Waals surface area contributed by atoms with E-state index in [-0.39, 0.29) is 17.5 Å². The first-order chi connectivity index (χ1) is 16.1. The largest absolute Gasteiger partial charge is 0.496 e. The predicted octanol–water partition coefficient (Wildman–Crippen LogP) is 3.36. The summed E-state index contributed by atoms with van der Waals surface area (Å²) in [5, 5.41) is 3.68. The lowest BCUT2D eigenvalue weighted by molar-refractivity contribution is -0.118. The van der Waals surface area contributed by atoms with Gasteiger partial charge in [-0.3, -0.25) is 4.79 Å². The van der Waals surface area contributed by atoms with Gasteiger partial charge in [-0.15, -0.1) is 0 Å². The summed E-state index contributed by atoms with van der Waals surface area (Å²) in [7, 11) is 1.62. The molecule has 0 bridgehead atoms. The number of para-hydroxylation sites is 1. The zero-order valence-electron chi connectivity index (χ0n) is 18.4. The molecule has 4 rings (SSSR count). The molecule has 3 aromatic rings. The van der Waals surface area contributed by atoms with Gasteiger partial charge in [-0.2, -0.15) is 0 Å². The molecule has 2 heterocycles. The Balaban J connectivity index is 1.26. The van der Waals surface area contributed by atoms with Gasteiger partial charge in [0.15, 0.2) is 0 Å². The molecule has 2 aromatic carbocycles. The zero-order valence-corrected chi connectivity index (χ0v) is 19.2. The summed E-state index contributed by atoms with van der Waals surface area (Å²) >= 11 is 1.38. The highest BCUT2D eigenvalue weighted by Crippen LogP contribution is 2.23. The smallest absolute Gasteiger partial charge is 0.230 e. The zero-order chi connectivity index (χ0) is 23.0. The van der Waals surface area contributed by atoms with Crippen molar-refractivity contribution in [1.29, 1.82) is 0 Å². The number of ether oxygens (including phenoxy) is 1. The van der Waals surface area contributed by atoms with Gasteiger partial charge in [-0.05, 0) is 30.3 Å². The van der Waals surface area contributed by atoms with Gasteiger partial charge in [0.1, 0.15) is 28.7 Å². The van der Waals surface area contributed by atoms with Crippen molar-refractivity contribution in [2.24, 2.45) is 0 Å². The maximum atomic E-state index is 13.2. The molecular formula is C24H26FN5O2S. The summed E-state index contributed by atoms with van der Waals surface area (Å²) in [6.45, 7) is 3.67. The number of hydrogen-bond acceptors (Lipinski definition) is 7. The van der Waals surface area contributed by atoms with Gasteiger partial charge in [-0.25, -0.2) is 14.4 Å². The van der Waals surface area contributed by atoms with Crippen LogP contribution in [0.25, 0.3) is 0 Å². The van der Waals surface area contributed by atoms with Crippen LogP contribution in [0.1, 0.15) is 5.56 Å². The number of amides is 1. The van der Waals surface area contributed by atoms with Gasteiger partial charge in [0, 0.05) is 50.0 Å². The second kappa shape index (κ2) is 11.0. The molecule has 0 spiro atoms. The Bertz CT molecular complexity index is 1070. The van der Waals surface area contributed by atoms with E-state index in [2.05, 4.69) is 25.1 Å². The summed E-state index contributed by atoms with van der Waals surface area (Å²) < 4.78 is 18.5. The molecule has 0 saturated carbocycles. The van der Waals surface area contributed by atoms with Crippen LogP contribution in [0, 0.1) is 5.82 Å². The van der Waals surface area contributed by atoms with E-state index in [9.17, 15) is 9.18 Å². The van der Waals surface area contributed by atoms with Crippen molar-refractivity contribution in [2.75, 3.05) is 48.8 Å². The number of halogens is 1. The number of aromatic nitrogens is 2. The first-order valence-corrected chi connectivity index (χ1v) is 11.7. The van der Waals surface area contributed by atoms with E-state index in [1.807, 2.05) is 42.5 Å². The van der Waals surface area contributed by atoms with Crippen LogP contribution in [-0.4, -0.2) is 54.9 Å². The van der Waals surface area contributed by atoms with Crippen LogP contribution in [0.4, 0.5) is 15.9 Å². The molecule has 1 aliphatic heterocycles. The Kier molecular flexibility index (Phi) is 7.62. The van der Waals surface area contributed by atoms with Crippen LogP contribution in [0.5, 0.6) is 5.75 Å². The molecule has 1 N–H and O–H groups in total. The number of nitrogens with zero attached hydrogens (tertiary/aromatic N) is 4. The normalized spacial score (nSPS) is 13.6. The molecule has 1 amide bonds. The molecule has 33 heavy (non-hydrogen) atoms. The van der Waals surface area contributed by atoms with Crippen molar-refractivity contribution < 1.29 is 13.9 Å². The van der Waals surface area contributed by atoms with E-state index in [1.54, 1.807) is 7.11 Å². The third-order valence-electron chi connectivity index (χ3n) is 5.44. The summed E-state index contributed by atoms with van der Waals surface area (Å²) in [4.78, 5) is 25.5. The summed E-state index contributed by atoms with van der Waals surface area (Å²) in [6, 6.07) is 16.1. The van der Waals surface area contributed by atoms with E-state index >= 15 is 0 Å². The number of carbonyl (C=O) groups is 1. The fourth-order valence-electron chi connectivity index (χ4n) is 3.66. The lowest BCUT2D eigenvalue weighted by atomic mass is 10.2. The highest BCUT2D eigenvalue weighted by Gasteiger charge is 2.19. The molecule has 0 radical (unpaired) electrons. The topological polar surface area (TPSA) is 70.6 Å². The number of thioether (sulfide) groups is 1. The van der Waals surface area contributed by atoms with Crippen LogP contribution in [-0.2, 0) is 11.3 Å². The summed E-state index contributed by atoms with van der Waals surface area (Å²) in [5.41, 5.74) is 1.96. The van der Waals surface area contributed by atoms with Gasteiger partial charge < -0.3 is 19.9 Å². The molecule has 0 unspecified atom stereocenters. The Morgan fingerprint density at radius 1 is 1.06 bits per heavy atom. The van der Waals surface area contributed by atoms with Crippen LogP contribution in [0.2, 0.25) is 0 Å². The Morgan fingerprint density at radius 2 is 1.79 bits per heavy atom. The molecule has 172 valence electrons. The van der Waals surface area contributed by atoms with Gasteiger partial charge in [0.2, 0.25) is 5.91 Å². The number of benzene rings is 2.